The molecule has 0 radical (unpaired) electrons. The molecule has 1 amide bonds. The number of benzene rings is 2. The van der Waals surface area contributed by atoms with Crippen LogP contribution >= 0.6 is 0 Å². The summed E-state index contributed by atoms with van der Waals surface area (Å²) in [5.41, 5.74) is 1.34. The zero-order valence-corrected chi connectivity index (χ0v) is 15.8. The smallest absolute Gasteiger partial charge is 0.494 e. The Bertz CT molecular complexity index is 786. The van der Waals surface area contributed by atoms with E-state index in [-0.39, 0.29) is 17.1 Å². The molecule has 0 saturated carbocycles. The molecule has 1 fully saturated rings. The van der Waals surface area contributed by atoms with Crippen LogP contribution in [0, 0.1) is 0 Å². The third-order valence-electron chi connectivity index (χ3n) is 5.05. The Balaban J connectivity index is 1.72. The fraction of sp³-hybridized carbons (Fsp3) is 0.350. The number of amides is 1. The van der Waals surface area contributed by atoms with Gasteiger partial charge in [0.1, 0.15) is 5.75 Å². The van der Waals surface area contributed by atoms with E-state index in [1.165, 1.54) is 0 Å². The van der Waals surface area contributed by atoms with E-state index >= 15 is 0 Å². The van der Waals surface area contributed by atoms with Gasteiger partial charge in [-0.2, -0.15) is 0 Å². The lowest BCUT2D eigenvalue weighted by atomic mass is 9.79. The van der Waals surface area contributed by atoms with Gasteiger partial charge in [-0.3, -0.25) is 4.79 Å². The number of carbonyl (C=O) groups excluding carboxylic acids is 1. The molecule has 26 heavy (non-hydrogen) atoms. The molecule has 6 heteroatoms. The maximum absolute atomic E-state index is 12.5. The van der Waals surface area contributed by atoms with Gasteiger partial charge in [0.05, 0.1) is 23.9 Å². The first-order valence-corrected chi connectivity index (χ1v) is 8.63. The number of rotatable bonds is 4. The van der Waals surface area contributed by atoms with Gasteiger partial charge in [0.25, 0.3) is 5.91 Å². The molecule has 2 aromatic rings. The highest BCUT2D eigenvalue weighted by atomic mass is 16.7. The average Bonchev–Trinajstić information content (AvgIpc) is 2.83. The van der Waals surface area contributed by atoms with Crippen molar-refractivity contribution in [3.8, 4) is 5.75 Å². The van der Waals surface area contributed by atoms with Crippen molar-refractivity contribution in [1.82, 2.24) is 0 Å². The van der Waals surface area contributed by atoms with Crippen molar-refractivity contribution in [2.75, 3.05) is 12.4 Å². The molecule has 136 valence electrons. The van der Waals surface area contributed by atoms with Gasteiger partial charge in [-0.1, -0.05) is 24.3 Å². The van der Waals surface area contributed by atoms with E-state index < -0.39 is 7.12 Å². The maximum Gasteiger partial charge on any atom is 0.494 e. The van der Waals surface area contributed by atoms with E-state index in [0.29, 0.717) is 17.0 Å². The van der Waals surface area contributed by atoms with Crippen LogP contribution in [0.4, 0.5) is 5.69 Å². The van der Waals surface area contributed by atoms with Crippen LogP contribution in [-0.4, -0.2) is 31.3 Å². The molecule has 3 rings (SSSR count). The summed E-state index contributed by atoms with van der Waals surface area (Å²) >= 11 is 0. The molecule has 0 spiro atoms. The fourth-order valence-corrected chi connectivity index (χ4v) is 2.73. The quantitative estimate of drug-likeness (QED) is 0.858. The van der Waals surface area contributed by atoms with E-state index in [1.54, 1.807) is 25.3 Å². The highest BCUT2D eigenvalue weighted by Crippen LogP contribution is 2.36. The predicted octanol–water partition coefficient (Wildman–Crippen LogP) is 3.25. The van der Waals surface area contributed by atoms with Crippen molar-refractivity contribution < 1.29 is 18.8 Å². The van der Waals surface area contributed by atoms with Crippen LogP contribution in [0.5, 0.6) is 5.75 Å². The monoisotopic (exact) mass is 353 g/mol. The minimum absolute atomic E-state index is 0.217. The van der Waals surface area contributed by atoms with Crippen molar-refractivity contribution in [2.24, 2.45) is 0 Å². The molecule has 0 atom stereocenters. The molecular formula is C20H24BNO4. The Morgan fingerprint density at radius 1 is 0.962 bits per heavy atom. The van der Waals surface area contributed by atoms with Crippen LogP contribution in [0.2, 0.25) is 0 Å². The molecule has 0 aliphatic carbocycles. The number of hydrogen-bond donors (Lipinski definition) is 1. The summed E-state index contributed by atoms with van der Waals surface area (Å²) in [5, 5.41) is 2.88. The maximum atomic E-state index is 12.5. The number of nitrogens with one attached hydrogen (secondary N) is 1. The first-order valence-electron chi connectivity index (χ1n) is 8.63. The van der Waals surface area contributed by atoms with Crippen LogP contribution in [0.1, 0.15) is 38.1 Å². The highest BCUT2D eigenvalue weighted by Gasteiger charge is 2.51. The highest BCUT2D eigenvalue weighted by molar-refractivity contribution is 6.62. The molecule has 1 aliphatic heterocycles. The van der Waals surface area contributed by atoms with Crippen LogP contribution < -0.4 is 15.5 Å². The van der Waals surface area contributed by atoms with Crippen molar-refractivity contribution >= 4 is 24.2 Å². The van der Waals surface area contributed by atoms with Crippen LogP contribution in [0.15, 0.2) is 48.5 Å². The van der Waals surface area contributed by atoms with E-state index in [9.17, 15) is 4.79 Å². The second-order valence-electron chi connectivity index (χ2n) is 7.36. The molecule has 1 saturated heterocycles. The third-order valence-corrected chi connectivity index (χ3v) is 5.05. The van der Waals surface area contributed by atoms with E-state index in [0.717, 1.165) is 5.46 Å². The van der Waals surface area contributed by atoms with Crippen molar-refractivity contribution in [3.05, 3.63) is 54.1 Å². The first kappa shape index (κ1) is 18.5. The average molecular weight is 353 g/mol. The molecule has 2 aromatic carbocycles. The number of anilines is 1. The summed E-state index contributed by atoms with van der Waals surface area (Å²) < 4.78 is 17.3. The van der Waals surface area contributed by atoms with E-state index in [4.69, 9.17) is 14.0 Å². The second kappa shape index (κ2) is 6.78. The van der Waals surface area contributed by atoms with Gasteiger partial charge >= 0.3 is 7.12 Å². The standard InChI is InChI=1S/C20H24BNO4/c1-19(2)20(3,4)26-21(25-19)14-10-12-15(13-11-14)22-18(23)16-8-6-7-9-17(16)24-5/h6-13H,1-5H3,(H,22,23). The van der Waals surface area contributed by atoms with Crippen molar-refractivity contribution in [3.63, 3.8) is 0 Å². The molecule has 5 nitrogen and oxygen atoms in total. The van der Waals surface area contributed by atoms with Gasteiger partial charge in [0, 0.05) is 5.69 Å². The normalized spacial score (nSPS) is 17.8. The van der Waals surface area contributed by atoms with Gasteiger partial charge < -0.3 is 19.4 Å². The van der Waals surface area contributed by atoms with Crippen molar-refractivity contribution in [2.45, 2.75) is 38.9 Å². The molecule has 1 heterocycles. The van der Waals surface area contributed by atoms with E-state index in [2.05, 4.69) is 5.32 Å². The zero-order chi connectivity index (χ0) is 18.9. The number of methoxy groups -OCH3 is 1. The number of ether oxygens (including phenoxy) is 1. The molecule has 0 aromatic heterocycles. The number of carbonyl (C=O) groups is 1. The first-order chi connectivity index (χ1) is 12.2. The minimum Gasteiger partial charge on any atom is -0.496 e. The lowest BCUT2D eigenvalue weighted by Crippen LogP contribution is -2.41. The summed E-state index contributed by atoms with van der Waals surface area (Å²) in [5.74, 6) is 0.324. The van der Waals surface area contributed by atoms with Gasteiger partial charge in [-0.25, -0.2) is 0 Å². The molecule has 1 aliphatic rings. The molecule has 0 bridgehead atoms. The van der Waals surface area contributed by atoms with Gasteiger partial charge in [-0.05, 0) is 57.4 Å². The summed E-state index contributed by atoms with van der Waals surface area (Å²) in [7, 11) is 1.13. The van der Waals surface area contributed by atoms with Crippen LogP contribution in [0.25, 0.3) is 0 Å². The Morgan fingerprint density at radius 2 is 1.54 bits per heavy atom. The SMILES string of the molecule is COc1ccccc1C(=O)Nc1ccc(B2OC(C)(C)C(C)(C)O2)cc1. The minimum atomic E-state index is -0.418. The Kier molecular flexibility index (Phi) is 4.82. The Morgan fingerprint density at radius 3 is 2.12 bits per heavy atom. The number of para-hydroxylation sites is 1. The summed E-state index contributed by atoms with van der Waals surface area (Å²) in [6, 6.07) is 14.6. The molecule has 0 unspecified atom stereocenters. The lowest BCUT2D eigenvalue weighted by molar-refractivity contribution is 0.00578. The molecular weight excluding hydrogens is 329 g/mol. The lowest BCUT2D eigenvalue weighted by Gasteiger charge is -2.32. The van der Waals surface area contributed by atoms with Gasteiger partial charge in [-0.15, -0.1) is 0 Å². The third kappa shape index (κ3) is 3.48. The van der Waals surface area contributed by atoms with Gasteiger partial charge in [0.2, 0.25) is 0 Å². The summed E-state index contributed by atoms with van der Waals surface area (Å²) in [4.78, 5) is 12.5. The van der Waals surface area contributed by atoms with E-state index in [1.807, 2.05) is 58.0 Å². The Hall–Kier alpha value is -2.31. The molecule has 1 N–H and O–H groups in total. The summed E-state index contributed by atoms with van der Waals surface area (Å²) in [6.07, 6.45) is 0. The van der Waals surface area contributed by atoms with Crippen LogP contribution in [0.3, 0.4) is 0 Å². The number of hydrogen-bond acceptors (Lipinski definition) is 4. The van der Waals surface area contributed by atoms with Gasteiger partial charge in [0.15, 0.2) is 0 Å². The summed E-state index contributed by atoms with van der Waals surface area (Å²) in [6.45, 7) is 8.09. The predicted molar refractivity (Wildman–Crippen MR) is 103 cm³/mol. The van der Waals surface area contributed by atoms with Crippen molar-refractivity contribution in [1.29, 1.82) is 0 Å². The second-order valence-corrected chi connectivity index (χ2v) is 7.36. The zero-order valence-electron chi connectivity index (χ0n) is 15.8. The fourth-order valence-electron chi connectivity index (χ4n) is 2.73. The largest absolute Gasteiger partial charge is 0.496 e. The Labute approximate surface area is 154 Å². The topological polar surface area (TPSA) is 56.8 Å². The van der Waals surface area contributed by atoms with Crippen LogP contribution in [-0.2, 0) is 9.31 Å².